The Balaban J connectivity index is 1.33. The molecule has 1 aromatic carbocycles. The maximum Gasteiger partial charge on any atom is 0.223 e. The Labute approximate surface area is 128 Å². The summed E-state index contributed by atoms with van der Waals surface area (Å²) in [4.78, 5) is 12.2. The molecule has 0 saturated heterocycles. The van der Waals surface area contributed by atoms with Crippen LogP contribution in [0.2, 0.25) is 0 Å². The fraction of sp³-hybridized carbons (Fsp3) is 0.632. The third-order valence-corrected chi connectivity index (χ3v) is 5.09. The minimum absolute atomic E-state index is 0.322. The second-order valence-electron chi connectivity index (χ2n) is 6.82. The number of rotatable bonds is 6. The van der Waals surface area contributed by atoms with Crippen LogP contribution in [-0.2, 0) is 11.2 Å². The molecule has 0 bridgehead atoms. The standard InChI is InChI=1S/C19H27NO/c21-19(20-17-12-5-2-6-13-17)18-14-16(18)11-7-10-15-8-3-1-4-9-15/h1,3-4,8-9,16-18H,2,5-7,10-14H2,(H,20,21). The van der Waals surface area contributed by atoms with Crippen LogP contribution in [0.4, 0.5) is 0 Å². The maximum atomic E-state index is 12.2. The van der Waals surface area contributed by atoms with Gasteiger partial charge in [0.05, 0.1) is 0 Å². The number of hydrogen-bond donors (Lipinski definition) is 1. The zero-order chi connectivity index (χ0) is 14.5. The van der Waals surface area contributed by atoms with Gasteiger partial charge in [-0.25, -0.2) is 0 Å². The van der Waals surface area contributed by atoms with E-state index in [1.54, 1.807) is 0 Å². The molecule has 114 valence electrons. The van der Waals surface area contributed by atoms with Gasteiger partial charge in [-0.2, -0.15) is 0 Å². The SMILES string of the molecule is O=C(NC1CCCCC1)C1CC1CCCc1ccccc1. The maximum absolute atomic E-state index is 12.2. The van der Waals surface area contributed by atoms with Crippen LogP contribution < -0.4 is 5.32 Å². The highest BCUT2D eigenvalue weighted by Gasteiger charge is 2.42. The van der Waals surface area contributed by atoms with Crippen molar-refractivity contribution in [2.75, 3.05) is 0 Å². The van der Waals surface area contributed by atoms with Gasteiger partial charge in [0.2, 0.25) is 5.91 Å². The second-order valence-corrected chi connectivity index (χ2v) is 6.82. The molecule has 2 saturated carbocycles. The summed E-state index contributed by atoms with van der Waals surface area (Å²) in [7, 11) is 0. The summed E-state index contributed by atoms with van der Waals surface area (Å²) in [6.45, 7) is 0. The van der Waals surface area contributed by atoms with E-state index in [4.69, 9.17) is 0 Å². The summed E-state index contributed by atoms with van der Waals surface area (Å²) >= 11 is 0. The lowest BCUT2D eigenvalue weighted by molar-refractivity contribution is -0.123. The molecule has 1 amide bonds. The van der Waals surface area contributed by atoms with Crippen molar-refractivity contribution < 1.29 is 4.79 Å². The molecule has 1 aromatic rings. The van der Waals surface area contributed by atoms with Gasteiger partial charge in [-0.1, -0.05) is 49.6 Å². The number of carbonyl (C=O) groups is 1. The summed E-state index contributed by atoms with van der Waals surface area (Å²) in [5, 5.41) is 3.28. The van der Waals surface area contributed by atoms with Crippen molar-refractivity contribution in [3.05, 3.63) is 35.9 Å². The number of nitrogens with one attached hydrogen (secondary N) is 1. The smallest absolute Gasteiger partial charge is 0.223 e. The first-order chi connectivity index (χ1) is 10.3. The summed E-state index contributed by atoms with van der Waals surface area (Å²) in [5.41, 5.74) is 1.42. The monoisotopic (exact) mass is 285 g/mol. The topological polar surface area (TPSA) is 29.1 Å². The van der Waals surface area contributed by atoms with E-state index in [1.807, 2.05) is 0 Å². The Bertz CT molecular complexity index is 450. The molecule has 0 spiro atoms. The van der Waals surface area contributed by atoms with E-state index in [0.717, 1.165) is 12.8 Å². The van der Waals surface area contributed by atoms with Crippen molar-refractivity contribution >= 4 is 5.91 Å². The number of carbonyl (C=O) groups excluding carboxylic acids is 1. The largest absolute Gasteiger partial charge is 0.353 e. The third kappa shape index (κ3) is 4.33. The molecular weight excluding hydrogens is 258 g/mol. The van der Waals surface area contributed by atoms with Gasteiger partial charge in [0.25, 0.3) is 0 Å². The lowest BCUT2D eigenvalue weighted by Gasteiger charge is -2.22. The Kier molecular flexibility index (Phi) is 4.95. The predicted molar refractivity (Wildman–Crippen MR) is 86.0 cm³/mol. The molecule has 2 aliphatic rings. The van der Waals surface area contributed by atoms with Gasteiger partial charge >= 0.3 is 0 Å². The van der Waals surface area contributed by atoms with Crippen LogP contribution in [0.25, 0.3) is 0 Å². The molecule has 21 heavy (non-hydrogen) atoms. The van der Waals surface area contributed by atoms with Gasteiger partial charge in [-0.05, 0) is 50.0 Å². The molecule has 0 aromatic heterocycles. The highest BCUT2D eigenvalue weighted by atomic mass is 16.2. The number of hydrogen-bond acceptors (Lipinski definition) is 1. The average molecular weight is 285 g/mol. The van der Waals surface area contributed by atoms with Crippen LogP contribution in [0.1, 0.15) is 56.9 Å². The molecule has 1 N–H and O–H groups in total. The summed E-state index contributed by atoms with van der Waals surface area (Å²) in [5.74, 6) is 1.31. The van der Waals surface area contributed by atoms with E-state index in [9.17, 15) is 4.79 Å². The van der Waals surface area contributed by atoms with Crippen LogP contribution in [-0.4, -0.2) is 11.9 Å². The van der Waals surface area contributed by atoms with E-state index in [0.29, 0.717) is 23.8 Å². The Morgan fingerprint density at radius 2 is 1.86 bits per heavy atom. The van der Waals surface area contributed by atoms with Crippen molar-refractivity contribution in [3.8, 4) is 0 Å². The van der Waals surface area contributed by atoms with Crippen molar-refractivity contribution in [1.82, 2.24) is 5.32 Å². The quantitative estimate of drug-likeness (QED) is 0.838. The third-order valence-electron chi connectivity index (χ3n) is 5.09. The van der Waals surface area contributed by atoms with Crippen molar-refractivity contribution in [2.45, 2.75) is 63.8 Å². The predicted octanol–water partition coefficient (Wildman–Crippen LogP) is 4.09. The fourth-order valence-corrected chi connectivity index (χ4v) is 3.66. The van der Waals surface area contributed by atoms with Gasteiger partial charge in [0.15, 0.2) is 0 Å². The Hall–Kier alpha value is -1.31. The van der Waals surface area contributed by atoms with Crippen LogP contribution in [0.5, 0.6) is 0 Å². The zero-order valence-electron chi connectivity index (χ0n) is 12.9. The molecule has 2 fully saturated rings. The van der Waals surface area contributed by atoms with Crippen molar-refractivity contribution in [2.24, 2.45) is 11.8 Å². The normalized spacial score (nSPS) is 25.5. The molecule has 0 radical (unpaired) electrons. The van der Waals surface area contributed by atoms with Crippen LogP contribution in [0.3, 0.4) is 0 Å². The van der Waals surface area contributed by atoms with E-state index in [2.05, 4.69) is 35.6 Å². The first kappa shape index (κ1) is 14.6. The van der Waals surface area contributed by atoms with Crippen LogP contribution in [0, 0.1) is 11.8 Å². The summed E-state index contributed by atoms with van der Waals surface area (Å²) < 4.78 is 0. The first-order valence-corrected chi connectivity index (χ1v) is 8.67. The molecule has 3 rings (SSSR count). The summed E-state index contributed by atoms with van der Waals surface area (Å²) in [6, 6.07) is 11.1. The molecule has 2 atom stereocenters. The van der Waals surface area contributed by atoms with E-state index in [1.165, 1.54) is 50.5 Å². The summed E-state index contributed by atoms with van der Waals surface area (Å²) in [6.07, 6.45) is 11.0. The van der Waals surface area contributed by atoms with Gasteiger partial charge in [-0.3, -0.25) is 4.79 Å². The number of benzene rings is 1. The van der Waals surface area contributed by atoms with Gasteiger partial charge in [0.1, 0.15) is 0 Å². The van der Waals surface area contributed by atoms with Gasteiger partial charge in [-0.15, -0.1) is 0 Å². The second kappa shape index (κ2) is 7.11. The zero-order valence-corrected chi connectivity index (χ0v) is 12.9. The van der Waals surface area contributed by atoms with Crippen molar-refractivity contribution in [1.29, 1.82) is 0 Å². The molecule has 2 aliphatic carbocycles. The minimum atomic E-state index is 0.322. The van der Waals surface area contributed by atoms with Crippen LogP contribution in [0.15, 0.2) is 30.3 Å². The van der Waals surface area contributed by atoms with Gasteiger partial charge in [0, 0.05) is 12.0 Å². The fourth-order valence-electron chi connectivity index (χ4n) is 3.66. The van der Waals surface area contributed by atoms with Gasteiger partial charge < -0.3 is 5.32 Å². The Morgan fingerprint density at radius 3 is 2.62 bits per heavy atom. The Morgan fingerprint density at radius 1 is 1.10 bits per heavy atom. The lowest BCUT2D eigenvalue weighted by Crippen LogP contribution is -2.37. The van der Waals surface area contributed by atoms with E-state index < -0.39 is 0 Å². The first-order valence-electron chi connectivity index (χ1n) is 8.67. The van der Waals surface area contributed by atoms with Crippen LogP contribution >= 0.6 is 0 Å². The molecule has 2 heteroatoms. The highest BCUT2D eigenvalue weighted by Crippen LogP contribution is 2.42. The minimum Gasteiger partial charge on any atom is -0.353 e. The van der Waals surface area contributed by atoms with E-state index >= 15 is 0 Å². The number of aryl methyl sites for hydroxylation is 1. The van der Waals surface area contributed by atoms with Crippen molar-refractivity contribution in [3.63, 3.8) is 0 Å². The molecule has 2 unspecified atom stereocenters. The van der Waals surface area contributed by atoms with E-state index in [-0.39, 0.29) is 0 Å². The molecule has 2 nitrogen and oxygen atoms in total. The average Bonchev–Trinajstić information content (AvgIpc) is 3.29. The lowest BCUT2D eigenvalue weighted by atomic mass is 9.95. The molecule has 0 heterocycles. The molecule has 0 aliphatic heterocycles. The highest BCUT2D eigenvalue weighted by molar-refractivity contribution is 5.81. The number of amides is 1. The molecular formula is C19H27NO.